The number of amides is 1. The van der Waals surface area contributed by atoms with Gasteiger partial charge in [0, 0.05) is 19.0 Å². The van der Waals surface area contributed by atoms with E-state index in [-0.39, 0.29) is 22.3 Å². The number of phenols is 1. The van der Waals surface area contributed by atoms with Gasteiger partial charge in [0.05, 0.1) is 10.6 Å². The topological polar surface area (TPSA) is 83.9 Å². The normalized spacial score (nSPS) is 16.2. The van der Waals surface area contributed by atoms with Gasteiger partial charge in [-0.15, -0.1) is 0 Å². The van der Waals surface area contributed by atoms with Gasteiger partial charge in [-0.2, -0.15) is 0 Å². The predicted octanol–water partition coefficient (Wildman–Crippen LogP) is 2.03. The molecule has 1 fully saturated rings. The van der Waals surface area contributed by atoms with Crippen LogP contribution in [0, 0.1) is 5.92 Å². The van der Waals surface area contributed by atoms with Crippen LogP contribution in [-0.4, -0.2) is 49.0 Å². The molecule has 1 amide bonds. The Morgan fingerprint density at radius 1 is 1.27 bits per heavy atom. The van der Waals surface area contributed by atoms with Crippen molar-refractivity contribution in [3.63, 3.8) is 0 Å². The lowest BCUT2D eigenvalue weighted by atomic mass is 10.0. The molecule has 0 saturated carbocycles. The van der Waals surface area contributed by atoms with Gasteiger partial charge in [-0.25, -0.2) is 13.2 Å². The minimum Gasteiger partial charge on any atom is -0.508 e. The Balaban J connectivity index is 1.89. The van der Waals surface area contributed by atoms with E-state index >= 15 is 0 Å². The summed E-state index contributed by atoms with van der Waals surface area (Å²) < 4.78 is 29.7. The van der Waals surface area contributed by atoms with Gasteiger partial charge in [-0.05, 0) is 45.0 Å². The van der Waals surface area contributed by atoms with Crippen LogP contribution in [0.3, 0.4) is 0 Å². The van der Waals surface area contributed by atoms with E-state index in [2.05, 4.69) is 0 Å². The number of benzene rings is 1. The number of hydrogen-bond donors (Lipinski definition) is 1. The molecule has 0 unspecified atom stereocenters. The number of nitrogens with zero attached hydrogens (tertiary/aromatic N) is 1. The summed E-state index contributed by atoms with van der Waals surface area (Å²) in [4.78, 5) is 13.5. The number of phenolic OH excluding ortho intramolecular Hbond substituents is 1. The molecule has 0 radical (unpaired) electrons. The molecule has 6 nitrogen and oxygen atoms in total. The molecular formula is C15H21NO5S. The summed E-state index contributed by atoms with van der Waals surface area (Å²) in [5, 5.41) is 9.20. The molecule has 2 rings (SSSR count). The summed E-state index contributed by atoms with van der Waals surface area (Å²) >= 11 is 0. The van der Waals surface area contributed by atoms with Crippen molar-refractivity contribution < 1.29 is 23.1 Å². The molecule has 1 saturated heterocycles. The number of hydrogen-bond acceptors (Lipinski definition) is 5. The smallest absolute Gasteiger partial charge is 0.410 e. The standard InChI is InChI=1S/C15H21NO5S/c1-15(2,3)21-14(18)16-8-11(9-16)10-22(19,20)13-6-4-12(17)5-7-13/h4-7,11,17H,8-10H2,1-3H3. The lowest BCUT2D eigenvalue weighted by Crippen LogP contribution is -2.53. The first-order chi connectivity index (χ1) is 10.1. The van der Waals surface area contributed by atoms with Crippen LogP contribution in [0.5, 0.6) is 5.75 Å². The third-order valence-electron chi connectivity index (χ3n) is 3.26. The highest BCUT2D eigenvalue weighted by Crippen LogP contribution is 2.24. The number of aromatic hydroxyl groups is 1. The van der Waals surface area contributed by atoms with Crippen LogP contribution < -0.4 is 0 Å². The zero-order valence-electron chi connectivity index (χ0n) is 12.9. The fraction of sp³-hybridized carbons (Fsp3) is 0.533. The van der Waals surface area contributed by atoms with E-state index in [1.807, 2.05) is 0 Å². The molecule has 0 aromatic heterocycles. The summed E-state index contributed by atoms with van der Waals surface area (Å²) in [6, 6.07) is 5.46. The van der Waals surface area contributed by atoms with Gasteiger partial charge < -0.3 is 14.7 Å². The molecule has 0 bridgehead atoms. The maximum Gasteiger partial charge on any atom is 0.410 e. The predicted molar refractivity (Wildman–Crippen MR) is 81.5 cm³/mol. The van der Waals surface area contributed by atoms with Crippen LogP contribution in [0.15, 0.2) is 29.2 Å². The molecule has 1 aliphatic heterocycles. The molecular weight excluding hydrogens is 306 g/mol. The van der Waals surface area contributed by atoms with E-state index < -0.39 is 21.5 Å². The zero-order chi connectivity index (χ0) is 16.5. The molecule has 0 spiro atoms. The first-order valence-electron chi connectivity index (χ1n) is 7.06. The van der Waals surface area contributed by atoms with Gasteiger partial charge in [0.25, 0.3) is 0 Å². The quantitative estimate of drug-likeness (QED) is 0.918. The van der Waals surface area contributed by atoms with Crippen molar-refractivity contribution >= 4 is 15.9 Å². The van der Waals surface area contributed by atoms with Gasteiger partial charge in [0.15, 0.2) is 9.84 Å². The second-order valence-electron chi connectivity index (χ2n) is 6.53. The third-order valence-corrected chi connectivity index (χ3v) is 5.16. The number of ether oxygens (including phenoxy) is 1. The van der Waals surface area contributed by atoms with Gasteiger partial charge in [-0.1, -0.05) is 0 Å². The van der Waals surface area contributed by atoms with Crippen LogP contribution in [0.25, 0.3) is 0 Å². The summed E-state index contributed by atoms with van der Waals surface area (Å²) in [6.07, 6.45) is -0.411. The van der Waals surface area contributed by atoms with Gasteiger partial charge in [-0.3, -0.25) is 0 Å². The van der Waals surface area contributed by atoms with Crippen molar-refractivity contribution in [3.8, 4) is 5.75 Å². The molecule has 1 aliphatic rings. The Hall–Kier alpha value is -1.76. The summed E-state index contributed by atoms with van der Waals surface area (Å²) in [5.74, 6) is -0.0816. The average molecular weight is 327 g/mol. The van der Waals surface area contributed by atoms with Crippen molar-refractivity contribution in [2.75, 3.05) is 18.8 Å². The van der Waals surface area contributed by atoms with Crippen molar-refractivity contribution in [2.24, 2.45) is 5.92 Å². The van der Waals surface area contributed by atoms with Crippen LogP contribution >= 0.6 is 0 Å². The summed E-state index contributed by atoms with van der Waals surface area (Å²) in [6.45, 7) is 6.13. The van der Waals surface area contributed by atoms with E-state index in [4.69, 9.17) is 4.74 Å². The highest BCUT2D eigenvalue weighted by Gasteiger charge is 2.36. The number of carbonyl (C=O) groups is 1. The lowest BCUT2D eigenvalue weighted by molar-refractivity contribution is 0.00191. The van der Waals surface area contributed by atoms with Gasteiger partial charge >= 0.3 is 6.09 Å². The number of sulfone groups is 1. The van der Waals surface area contributed by atoms with E-state index in [1.54, 1.807) is 20.8 Å². The average Bonchev–Trinajstić information content (AvgIpc) is 2.31. The Morgan fingerprint density at radius 3 is 2.32 bits per heavy atom. The van der Waals surface area contributed by atoms with E-state index in [0.717, 1.165) is 0 Å². The highest BCUT2D eigenvalue weighted by atomic mass is 32.2. The van der Waals surface area contributed by atoms with Crippen LogP contribution in [0.2, 0.25) is 0 Å². The maximum absolute atomic E-state index is 12.2. The SMILES string of the molecule is CC(C)(C)OC(=O)N1CC(CS(=O)(=O)c2ccc(O)cc2)C1. The van der Waals surface area contributed by atoms with Gasteiger partial charge in [0.2, 0.25) is 0 Å². The lowest BCUT2D eigenvalue weighted by Gasteiger charge is -2.39. The summed E-state index contributed by atoms with van der Waals surface area (Å²) in [5.41, 5.74) is -0.555. The van der Waals surface area contributed by atoms with Crippen molar-refractivity contribution in [2.45, 2.75) is 31.3 Å². The first-order valence-corrected chi connectivity index (χ1v) is 8.72. The summed E-state index contributed by atoms with van der Waals surface area (Å²) in [7, 11) is -3.41. The molecule has 1 heterocycles. The maximum atomic E-state index is 12.2. The Kier molecular flexibility index (Phi) is 4.37. The first kappa shape index (κ1) is 16.6. The second kappa shape index (κ2) is 5.79. The minimum absolute atomic E-state index is 0.0168. The largest absolute Gasteiger partial charge is 0.508 e. The third kappa shape index (κ3) is 4.13. The molecule has 0 aliphatic carbocycles. The van der Waals surface area contributed by atoms with Crippen molar-refractivity contribution in [1.82, 2.24) is 4.90 Å². The molecule has 1 aromatic rings. The molecule has 22 heavy (non-hydrogen) atoms. The molecule has 7 heteroatoms. The molecule has 1 aromatic carbocycles. The fourth-order valence-corrected chi connectivity index (χ4v) is 3.79. The Labute approximate surface area is 130 Å². The monoisotopic (exact) mass is 327 g/mol. The van der Waals surface area contributed by atoms with E-state index in [9.17, 15) is 18.3 Å². The van der Waals surface area contributed by atoms with Crippen LogP contribution in [-0.2, 0) is 14.6 Å². The van der Waals surface area contributed by atoms with Crippen LogP contribution in [0.1, 0.15) is 20.8 Å². The Morgan fingerprint density at radius 2 is 1.82 bits per heavy atom. The zero-order valence-corrected chi connectivity index (χ0v) is 13.8. The highest BCUT2D eigenvalue weighted by molar-refractivity contribution is 7.91. The second-order valence-corrected chi connectivity index (χ2v) is 8.56. The number of rotatable bonds is 3. The van der Waals surface area contributed by atoms with Crippen LogP contribution in [0.4, 0.5) is 4.79 Å². The molecule has 122 valence electrons. The van der Waals surface area contributed by atoms with Crippen molar-refractivity contribution in [3.05, 3.63) is 24.3 Å². The Bertz CT molecular complexity index is 640. The number of carbonyl (C=O) groups excluding carboxylic acids is 1. The van der Waals surface area contributed by atoms with Crippen molar-refractivity contribution in [1.29, 1.82) is 0 Å². The molecule has 0 atom stereocenters. The van der Waals surface area contributed by atoms with E-state index in [1.165, 1.54) is 29.2 Å². The minimum atomic E-state index is -3.41. The van der Waals surface area contributed by atoms with Gasteiger partial charge in [0.1, 0.15) is 11.4 Å². The molecule has 1 N–H and O–H groups in total. The number of likely N-dealkylation sites (tertiary alicyclic amines) is 1. The fourth-order valence-electron chi connectivity index (χ4n) is 2.21. The van der Waals surface area contributed by atoms with E-state index in [0.29, 0.717) is 13.1 Å².